The Morgan fingerprint density at radius 3 is 2.64 bits per heavy atom. The summed E-state index contributed by atoms with van der Waals surface area (Å²) in [6, 6.07) is 5.39. The van der Waals surface area contributed by atoms with E-state index in [1.807, 2.05) is 13.0 Å². The Balaban J connectivity index is 1.72. The van der Waals surface area contributed by atoms with Crippen LogP contribution in [0.4, 0.5) is 0 Å². The highest BCUT2D eigenvalue weighted by molar-refractivity contribution is 5.96. The molecule has 7 heteroatoms. The van der Waals surface area contributed by atoms with Crippen molar-refractivity contribution >= 4 is 11.9 Å². The van der Waals surface area contributed by atoms with Gasteiger partial charge in [0, 0.05) is 12.1 Å². The number of carboxylic acids is 1. The number of nitrogens with zero attached hydrogens (tertiary/aromatic N) is 3. The van der Waals surface area contributed by atoms with Gasteiger partial charge in [-0.25, -0.2) is 9.67 Å². The summed E-state index contributed by atoms with van der Waals surface area (Å²) in [6.45, 7) is 2.02. The summed E-state index contributed by atoms with van der Waals surface area (Å²) in [4.78, 5) is 28.1. The van der Waals surface area contributed by atoms with E-state index in [1.165, 1.54) is 6.33 Å². The maximum Gasteiger partial charge on any atom is 0.311 e. The Kier molecular flexibility index (Phi) is 4.83. The fraction of sp³-hybridized carbons (Fsp3) is 0.444. The molecule has 2 aromatic rings. The number of hydrogen-bond donors (Lipinski definition) is 2. The molecule has 1 saturated carbocycles. The van der Waals surface area contributed by atoms with Gasteiger partial charge >= 0.3 is 5.97 Å². The van der Waals surface area contributed by atoms with Crippen LogP contribution in [-0.4, -0.2) is 38.3 Å². The molecule has 0 atom stereocenters. The predicted octanol–water partition coefficient (Wildman–Crippen LogP) is 2.34. The van der Waals surface area contributed by atoms with Gasteiger partial charge in [0.15, 0.2) is 0 Å². The molecule has 3 rings (SSSR count). The molecule has 1 heterocycles. The molecule has 0 radical (unpaired) electrons. The summed E-state index contributed by atoms with van der Waals surface area (Å²) in [7, 11) is 0. The molecule has 1 aliphatic rings. The van der Waals surface area contributed by atoms with Gasteiger partial charge < -0.3 is 10.4 Å². The minimum absolute atomic E-state index is 0.172. The zero-order valence-electron chi connectivity index (χ0n) is 14.2. The lowest BCUT2D eigenvalue weighted by atomic mass is 9.74. The van der Waals surface area contributed by atoms with Gasteiger partial charge in [-0.3, -0.25) is 9.59 Å². The topological polar surface area (TPSA) is 97.1 Å². The lowest BCUT2D eigenvalue weighted by Crippen LogP contribution is -2.44. The van der Waals surface area contributed by atoms with E-state index < -0.39 is 11.4 Å². The van der Waals surface area contributed by atoms with E-state index in [9.17, 15) is 14.7 Å². The average molecular weight is 342 g/mol. The van der Waals surface area contributed by atoms with E-state index >= 15 is 0 Å². The molecule has 1 aliphatic carbocycles. The molecule has 1 aromatic heterocycles. The van der Waals surface area contributed by atoms with Crippen LogP contribution in [0.25, 0.3) is 5.69 Å². The lowest BCUT2D eigenvalue weighted by Gasteiger charge is -2.33. The minimum atomic E-state index is -0.831. The van der Waals surface area contributed by atoms with E-state index in [0.29, 0.717) is 18.4 Å². The maximum absolute atomic E-state index is 12.5. The number of rotatable bonds is 5. The molecule has 1 fully saturated rings. The predicted molar refractivity (Wildman–Crippen MR) is 91.6 cm³/mol. The zero-order chi connectivity index (χ0) is 17.9. The molecule has 1 amide bonds. The van der Waals surface area contributed by atoms with Gasteiger partial charge in [-0.1, -0.05) is 19.3 Å². The van der Waals surface area contributed by atoms with Crippen LogP contribution in [0.2, 0.25) is 0 Å². The summed E-state index contributed by atoms with van der Waals surface area (Å²) >= 11 is 0. The van der Waals surface area contributed by atoms with Crippen LogP contribution in [0.5, 0.6) is 0 Å². The third kappa shape index (κ3) is 3.55. The van der Waals surface area contributed by atoms with Crippen molar-refractivity contribution in [3.63, 3.8) is 0 Å². The first-order valence-electron chi connectivity index (χ1n) is 8.49. The van der Waals surface area contributed by atoms with Crippen molar-refractivity contribution in [3.05, 3.63) is 42.0 Å². The van der Waals surface area contributed by atoms with Crippen LogP contribution in [0, 0.1) is 12.3 Å². The number of aryl methyl sites for hydroxylation is 1. The molecule has 132 valence electrons. The normalized spacial score (nSPS) is 16.4. The number of aliphatic carboxylic acids is 1. The van der Waals surface area contributed by atoms with Crippen LogP contribution in [0.3, 0.4) is 0 Å². The third-order valence-corrected chi connectivity index (χ3v) is 4.99. The summed E-state index contributed by atoms with van der Waals surface area (Å²) < 4.78 is 1.62. The molecule has 0 unspecified atom stereocenters. The van der Waals surface area contributed by atoms with Crippen molar-refractivity contribution in [2.45, 2.75) is 39.0 Å². The lowest BCUT2D eigenvalue weighted by molar-refractivity contribution is -0.150. The molecule has 0 aliphatic heterocycles. The van der Waals surface area contributed by atoms with Gasteiger partial charge in [-0.2, -0.15) is 5.10 Å². The first-order valence-corrected chi connectivity index (χ1v) is 8.49. The van der Waals surface area contributed by atoms with Crippen LogP contribution in [-0.2, 0) is 4.79 Å². The van der Waals surface area contributed by atoms with Crippen molar-refractivity contribution < 1.29 is 14.7 Å². The number of nitrogens with one attached hydrogen (secondary N) is 1. The van der Waals surface area contributed by atoms with Crippen LogP contribution in [0.15, 0.2) is 30.9 Å². The number of aromatic nitrogens is 3. The number of benzene rings is 1. The Bertz CT molecular complexity index is 765. The number of carbonyl (C=O) groups excluding carboxylic acids is 1. The zero-order valence-corrected chi connectivity index (χ0v) is 14.2. The average Bonchev–Trinajstić information content (AvgIpc) is 3.15. The number of carboxylic acid groups (broad SMARTS) is 1. The van der Waals surface area contributed by atoms with Crippen molar-refractivity contribution in [3.8, 4) is 5.69 Å². The van der Waals surface area contributed by atoms with Crippen molar-refractivity contribution in [2.75, 3.05) is 6.54 Å². The van der Waals surface area contributed by atoms with E-state index in [-0.39, 0.29) is 12.5 Å². The minimum Gasteiger partial charge on any atom is -0.481 e. The van der Waals surface area contributed by atoms with Gasteiger partial charge in [-0.05, 0) is 43.5 Å². The van der Waals surface area contributed by atoms with E-state index in [1.54, 1.807) is 23.1 Å². The Morgan fingerprint density at radius 2 is 2.04 bits per heavy atom. The van der Waals surface area contributed by atoms with Gasteiger partial charge in [0.2, 0.25) is 0 Å². The highest BCUT2D eigenvalue weighted by atomic mass is 16.4. The molecule has 25 heavy (non-hydrogen) atoms. The van der Waals surface area contributed by atoms with E-state index in [0.717, 1.165) is 30.5 Å². The van der Waals surface area contributed by atoms with Crippen LogP contribution in [0.1, 0.15) is 48.0 Å². The van der Waals surface area contributed by atoms with Crippen molar-refractivity contribution in [1.82, 2.24) is 20.1 Å². The second-order valence-corrected chi connectivity index (χ2v) is 6.67. The SMILES string of the molecule is Cc1cc(-n2cncn2)ccc1C(=O)NCC1(C(=O)O)CCCCC1. The number of hydrogen-bond acceptors (Lipinski definition) is 4. The smallest absolute Gasteiger partial charge is 0.311 e. The molecule has 0 spiro atoms. The first-order chi connectivity index (χ1) is 12.0. The van der Waals surface area contributed by atoms with E-state index in [4.69, 9.17) is 0 Å². The fourth-order valence-electron chi connectivity index (χ4n) is 3.43. The standard InChI is InChI=1S/C18H22N4O3/c1-13-9-14(22-12-19-11-21-22)5-6-15(13)16(23)20-10-18(17(24)25)7-3-2-4-8-18/h5-6,9,11-12H,2-4,7-8,10H2,1H3,(H,20,23)(H,24,25). The molecule has 7 nitrogen and oxygen atoms in total. The summed E-state index contributed by atoms with van der Waals surface area (Å²) in [5.41, 5.74) is 1.34. The third-order valence-electron chi connectivity index (χ3n) is 4.99. The van der Waals surface area contributed by atoms with Crippen molar-refractivity contribution in [2.24, 2.45) is 5.41 Å². The van der Waals surface area contributed by atoms with Crippen LogP contribution >= 0.6 is 0 Å². The first kappa shape index (κ1) is 17.1. The van der Waals surface area contributed by atoms with Gasteiger partial charge in [0.25, 0.3) is 5.91 Å². The molecular formula is C18H22N4O3. The Labute approximate surface area is 146 Å². The Morgan fingerprint density at radius 1 is 1.28 bits per heavy atom. The quantitative estimate of drug-likeness (QED) is 0.869. The Hall–Kier alpha value is -2.70. The monoisotopic (exact) mass is 342 g/mol. The van der Waals surface area contributed by atoms with Gasteiger partial charge in [-0.15, -0.1) is 0 Å². The highest BCUT2D eigenvalue weighted by Crippen LogP contribution is 2.36. The van der Waals surface area contributed by atoms with Crippen LogP contribution < -0.4 is 5.32 Å². The molecular weight excluding hydrogens is 320 g/mol. The fourth-order valence-corrected chi connectivity index (χ4v) is 3.43. The molecule has 2 N–H and O–H groups in total. The molecule has 0 bridgehead atoms. The van der Waals surface area contributed by atoms with Gasteiger partial charge in [0.05, 0.1) is 11.1 Å². The largest absolute Gasteiger partial charge is 0.481 e. The second kappa shape index (κ2) is 7.04. The summed E-state index contributed by atoms with van der Waals surface area (Å²) in [6.07, 6.45) is 7.13. The molecule has 1 aromatic carbocycles. The highest BCUT2D eigenvalue weighted by Gasteiger charge is 2.39. The van der Waals surface area contributed by atoms with Crippen molar-refractivity contribution in [1.29, 1.82) is 0 Å². The summed E-state index contributed by atoms with van der Waals surface area (Å²) in [5.74, 6) is -1.06. The number of carbonyl (C=O) groups is 2. The maximum atomic E-state index is 12.5. The summed E-state index contributed by atoms with van der Waals surface area (Å²) in [5, 5.41) is 16.5. The molecule has 0 saturated heterocycles. The second-order valence-electron chi connectivity index (χ2n) is 6.67. The number of amides is 1. The van der Waals surface area contributed by atoms with Gasteiger partial charge in [0.1, 0.15) is 12.7 Å². The van der Waals surface area contributed by atoms with E-state index in [2.05, 4.69) is 15.4 Å².